The Balaban J connectivity index is 1.74. The van der Waals surface area contributed by atoms with Crippen LogP contribution in [0.15, 0.2) is 22.7 Å². The van der Waals surface area contributed by atoms with Crippen LogP contribution in [0, 0.1) is 13.8 Å². The number of amides is 1. The van der Waals surface area contributed by atoms with Crippen LogP contribution in [-0.2, 0) is 6.61 Å². The van der Waals surface area contributed by atoms with Crippen molar-refractivity contribution >= 4 is 5.91 Å². The van der Waals surface area contributed by atoms with E-state index in [1.165, 1.54) is 6.42 Å². The van der Waals surface area contributed by atoms with Gasteiger partial charge < -0.3 is 18.9 Å². The Morgan fingerprint density at radius 3 is 2.60 bits per heavy atom. The minimum absolute atomic E-state index is 0.0512. The summed E-state index contributed by atoms with van der Waals surface area (Å²) in [6.45, 7) is 5.73. The lowest BCUT2D eigenvalue weighted by Gasteiger charge is -2.27. The first-order valence-corrected chi connectivity index (χ1v) is 8.62. The normalized spacial score (nSPS) is 14.4. The molecule has 25 heavy (non-hydrogen) atoms. The van der Waals surface area contributed by atoms with Crippen LogP contribution in [0.2, 0.25) is 0 Å². The van der Waals surface area contributed by atoms with Gasteiger partial charge in [0.05, 0.1) is 18.4 Å². The van der Waals surface area contributed by atoms with E-state index < -0.39 is 0 Å². The molecule has 6 nitrogen and oxygen atoms in total. The molecule has 1 saturated heterocycles. The summed E-state index contributed by atoms with van der Waals surface area (Å²) in [6.07, 6.45) is 3.34. The summed E-state index contributed by atoms with van der Waals surface area (Å²) in [5, 5.41) is 3.92. The largest absolute Gasteiger partial charge is 0.493 e. The molecule has 1 amide bonds. The maximum absolute atomic E-state index is 12.6. The van der Waals surface area contributed by atoms with Crippen LogP contribution < -0.4 is 9.47 Å². The molecule has 1 aromatic heterocycles. The maximum atomic E-state index is 12.6. The van der Waals surface area contributed by atoms with Gasteiger partial charge in [0.1, 0.15) is 12.4 Å². The van der Waals surface area contributed by atoms with Crippen molar-refractivity contribution in [2.45, 2.75) is 39.7 Å². The van der Waals surface area contributed by atoms with E-state index in [-0.39, 0.29) is 5.91 Å². The van der Waals surface area contributed by atoms with E-state index in [0.717, 1.165) is 42.9 Å². The van der Waals surface area contributed by atoms with E-state index >= 15 is 0 Å². The van der Waals surface area contributed by atoms with Gasteiger partial charge in [-0.1, -0.05) is 5.16 Å². The zero-order valence-electron chi connectivity index (χ0n) is 15.0. The zero-order chi connectivity index (χ0) is 17.8. The molecule has 1 aliphatic heterocycles. The molecule has 0 unspecified atom stereocenters. The highest BCUT2D eigenvalue weighted by Gasteiger charge is 2.20. The van der Waals surface area contributed by atoms with Gasteiger partial charge in [0, 0.05) is 18.7 Å². The number of aromatic nitrogens is 1. The monoisotopic (exact) mass is 344 g/mol. The van der Waals surface area contributed by atoms with Crippen molar-refractivity contribution in [2.24, 2.45) is 0 Å². The average molecular weight is 344 g/mol. The Kier molecular flexibility index (Phi) is 5.26. The number of piperidine rings is 1. The fourth-order valence-electron chi connectivity index (χ4n) is 3.06. The second-order valence-electron chi connectivity index (χ2n) is 6.31. The first kappa shape index (κ1) is 17.3. The van der Waals surface area contributed by atoms with Crippen LogP contribution in [0.1, 0.15) is 46.6 Å². The number of hydrogen-bond donors (Lipinski definition) is 0. The summed E-state index contributed by atoms with van der Waals surface area (Å²) in [5.74, 6) is 1.94. The second kappa shape index (κ2) is 7.59. The van der Waals surface area contributed by atoms with E-state index in [0.29, 0.717) is 23.7 Å². The van der Waals surface area contributed by atoms with Crippen LogP contribution in [0.5, 0.6) is 11.5 Å². The number of methoxy groups -OCH3 is 1. The number of carbonyl (C=O) groups is 1. The summed E-state index contributed by atoms with van der Waals surface area (Å²) in [7, 11) is 1.58. The number of ether oxygens (including phenoxy) is 2. The molecular weight excluding hydrogens is 320 g/mol. The first-order valence-electron chi connectivity index (χ1n) is 8.62. The molecule has 3 rings (SSSR count). The molecule has 0 spiro atoms. The van der Waals surface area contributed by atoms with Crippen molar-refractivity contribution in [3.8, 4) is 11.5 Å². The molecule has 0 saturated carbocycles. The Labute approximate surface area is 147 Å². The Morgan fingerprint density at radius 2 is 1.96 bits per heavy atom. The molecule has 2 aromatic rings. The molecule has 0 radical (unpaired) electrons. The number of aryl methyl sites for hydroxylation is 2. The standard InChI is InChI=1S/C19H24N2O4/c1-13-16(14(2)25-20-13)12-24-17-8-7-15(11-18(17)23-3)19(22)21-9-5-4-6-10-21/h7-8,11H,4-6,9-10,12H2,1-3H3. The number of benzene rings is 1. The van der Waals surface area contributed by atoms with Gasteiger partial charge in [-0.15, -0.1) is 0 Å². The Bertz CT molecular complexity index is 728. The van der Waals surface area contributed by atoms with E-state index in [1.807, 2.05) is 18.7 Å². The van der Waals surface area contributed by atoms with Gasteiger partial charge in [0.25, 0.3) is 5.91 Å². The summed E-state index contributed by atoms with van der Waals surface area (Å²) < 4.78 is 16.4. The van der Waals surface area contributed by atoms with Crippen LogP contribution in [0.3, 0.4) is 0 Å². The lowest BCUT2D eigenvalue weighted by molar-refractivity contribution is 0.0724. The fourth-order valence-corrected chi connectivity index (χ4v) is 3.06. The van der Waals surface area contributed by atoms with Gasteiger partial charge in [-0.05, 0) is 51.3 Å². The van der Waals surface area contributed by atoms with Gasteiger partial charge in [0.15, 0.2) is 11.5 Å². The quantitative estimate of drug-likeness (QED) is 0.830. The molecule has 1 aromatic carbocycles. The van der Waals surface area contributed by atoms with Gasteiger partial charge in [-0.3, -0.25) is 4.79 Å². The summed E-state index contributed by atoms with van der Waals surface area (Å²) >= 11 is 0. The maximum Gasteiger partial charge on any atom is 0.253 e. The summed E-state index contributed by atoms with van der Waals surface area (Å²) in [6, 6.07) is 5.33. The second-order valence-corrected chi connectivity index (χ2v) is 6.31. The molecule has 0 bridgehead atoms. The van der Waals surface area contributed by atoms with Crippen LogP contribution in [-0.4, -0.2) is 36.2 Å². The third-order valence-electron chi connectivity index (χ3n) is 4.61. The Hall–Kier alpha value is -2.50. The molecule has 0 aliphatic carbocycles. The van der Waals surface area contributed by atoms with Crippen molar-refractivity contribution in [3.05, 3.63) is 40.8 Å². The Morgan fingerprint density at radius 1 is 1.20 bits per heavy atom. The van der Waals surface area contributed by atoms with Gasteiger partial charge in [-0.25, -0.2) is 0 Å². The predicted octanol–water partition coefficient (Wildman–Crippen LogP) is 3.51. The van der Waals surface area contributed by atoms with Crippen molar-refractivity contribution in [2.75, 3.05) is 20.2 Å². The lowest BCUT2D eigenvalue weighted by Crippen LogP contribution is -2.35. The molecule has 0 atom stereocenters. The third-order valence-corrected chi connectivity index (χ3v) is 4.61. The molecule has 6 heteroatoms. The summed E-state index contributed by atoms with van der Waals surface area (Å²) in [4.78, 5) is 14.5. The molecule has 2 heterocycles. The smallest absolute Gasteiger partial charge is 0.253 e. The van der Waals surface area contributed by atoms with Gasteiger partial charge in [0.2, 0.25) is 0 Å². The van der Waals surface area contributed by atoms with Crippen LogP contribution in [0.4, 0.5) is 0 Å². The number of carbonyl (C=O) groups excluding carboxylic acids is 1. The van der Waals surface area contributed by atoms with Crippen molar-refractivity contribution in [1.82, 2.24) is 10.1 Å². The van der Waals surface area contributed by atoms with E-state index in [4.69, 9.17) is 14.0 Å². The molecule has 1 aliphatic rings. The number of hydrogen-bond acceptors (Lipinski definition) is 5. The van der Waals surface area contributed by atoms with Crippen molar-refractivity contribution < 1.29 is 18.8 Å². The first-order chi connectivity index (χ1) is 12.1. The fraction of sp³-hybridized carbons (Fsp3) is 0.474. The number of likely N-dealkylation sites (tertiary alicyclic amines) is 1. The minimum Gasteiger partial charge on any atom is -0.493 e. The van der Waals surface area contributed by atoms with Crippen LogP contribution in [0.25, 0.3) is 0 Å². The van der Waals surface area contributed by atoms with E-state index in [9.17, 15) is 4.79 Å². The topological polar surface area (TPSA) is 64.8 Å². The summed E-state index contributed by atoms with van der Waals surface area (Å²) in [5.41, 5.74) is 2.37. The number of rotatable bonds is 5. The highest BCUT2D eigenvalue weighted by Crippen LogP contribution is 2.30. The minimum atomic E-state index is 0.0512. The third kappa shape index (κ3) is 3.78. The zero-order valence-corrected chi connectivity index (χ0v) is 15.0. The highest BCUT2D eigenvalue weighted by molar-refractivity contribution is 5.95. The van der Waals surface area contributed by atoms with Crippen molar-refractivity contribution in [3.63, 3.8) is 0 Å². The van der Waals surface area contributed by atoms with E-state index in [2.05, 4.69) is 5.16 Å². The molecule has 1 fully saturated rings. The average Bonchev–Trinajstić information content (AvgIpc) is 2.98. The SMILES string of the molecule is COc1cc(C(=O)N2CCCCC2)ccc1OCc1c(C)noc1C. The predicted molar refractivity (Wildman–Crippen MR) is 93.1 cm³/mol. The van der Waals surface area contributed by atoms with Gasteiger partial charge in [-0.2, -0.15) is 0 Å². The van der Waals surface area contributed by atoms with E-state index in [1.54, 1.807) is 25.3 Å². The lowest BCUT2D eigenvalue weighted by atomic mass is 10.1. The molecule has 0 N–H and O–H groups in total. The highest BCUT2D eigenvalue weighted by atomic mass is 16.5. The molecular formula is C19H24N2O4. The molecule has 134 valence electrons. The van der Waals surface area contributed by atoms with Crippen LogP contribution >= 0.6 is 0 Å². The van der Waals surface area contributed by atoms with Crippen molar-refractivity contribution in [1.29, 1.82) is 0 Å². The van der Waals surface area contributed by atoms with Gasteiger partial charge >= 0.3 is 0 Å². The number of nitrogens with zero attached hydrogens (tertiary/aromatic N) is 2.